The van der Waals surface area contributed by atoms with Crippen molar-refractivity contribution in [1.82, 2.24) is 4.98 Å². The number of rotatable bonds is 7. The van der Waals surface area contributed by atoms with Gasteiger partial charge < -0.3 is 10.7 Å². The summed E-state index contributed by atoms with van der Waals surface area (Å²) in [5.41, 5.74) is 2.43. The first-order valence-electron chi connectivity index (χ1n) is 5.24. The van der Waals surface area contributed by atoms with Crippen molar-refractivity contribution in [2.24, 2.45) is 5.84 Å². The molecule has 1 aromatic heterocycles. The summed E-state index contributed by atoms with van der Waals surface area (Å²) in [7, 11) is 0. The lowest BCUT2D eigenvalue weighted by molar-refractivity contribution is 0.840. The quantitative estimate of drug-likeness (QED) is 0.409. The van der Waals surface area contributed by atoms with Gasteiger partial charge in [-0.3, -0.25) is 0 Å². The number of thioether (sulfide) groups is 1. The van der Waals surface area contributed by atoms with Crippen LogP contribution in [0.4, 0.5) is 11.6 Å². The summed E-state index contributed by atoms with van der Waals surface area (Å²) >= 11 is 13.7. The van der Waals surface area contributed by atoms with E-state index in [2.05, 4.69) is 22.0 Å². The van der Waals surface area contributed by atoms with Crippen LogP contribution in [0.15, 0.2) is 6.07 Å². The third-order valence-corrected chi connectivity index (χ3v) is 3.41. The van der Waals surface area contributed by atoms with Crippen molar-refractivity contribution in [2.45, 2.75) is 12.8 Å². The van der Waals surface area contributed by atoms with Crippen molar-refractivity contribution in [3.05, 3.63) is 16.1 Å². The van der Waals surface area contributed by atoms with Crippen molar-refractivity contribution in [3.63, 3.8) is 0 Å². The second-order valence-corrected chi connectivity index (χ2v) is 5.22. The lowest BCUT2D eigenvalue weighted by Crippen LogP contribution is -2.11. The van der Waals surface area contributed by atoms with Crippen LogP contribution < -0.4 is 16.6 Å². The third kappa shape index (κ3) is 4.79. The number of nitrogens with two attached hydrogens (primary N) is 1. The number of hydrogen-bond donors (Lipinski definition) is 3. The maximum atomic E-state index is 6.02. The Morgan fingerprint density at radius 2 is 2.00 bits per heavy atom. The lowest BCUT2D eigenvalue weighted by Gasteiger charge is -2.10. The number of aromatic nitrogens is 1. The molecule has 96 valence electrons. The molecule has 4 N–H and O–H groups in total. The fraction of sp³-hybridized carbons (Fsp3) is 0.500. The van der Waals surface area contributed by atoms with E-state index in [0.717, 1.165) is 13.0 Å². The van der Waals surface area contributed by atoms with Gasteiger partial charge in [0.15, 0.2) is 5.82 Å². The first-order chi connectivity index (χ1) is 8.19. The van der Waals surface area contributed by atoms with Gasteiger partial charge in [0, 0.05) is 6.54 Å². The number of nitrogens with zero attached hydrogens (tertiary/aromatic N) is 1. The molecule has 1 aromatic rings. The monoisotopic (exact) mass is 294 g/mol. The SMILES string of the molecule is CSCCCCNc1nc(NN)c(Cl)cc1Cl. The predicted molar refractivity (Wildman–Crippen MR) is 78.2 cm³/mol. The summed E-state index contributed by atoms with van der Waals surface area (Å²) in [6, 6.07) is 1.62. The number of hydrogen-bond acceptors (Lipinski definition) is 5. The smallest absolute Gasteiger partial charge is 0.161 e. The Labute approximate surface area is 116 Å². The van der Waals surface area contributed by atoms with Crippen LogP contribution in [-0.2, 0) is 0 Å². The zero-order valence-corrected chi connectivity index (χ0v) is 11.9. The zero-order chi connectivity index (χ0) is 12.7. The molecule has 0 bridgehead atoms. The van der Waals surface area contributed by atoms with Crippen LogP contribution in [0.25, 0.3) is 0 Å². The van der Waals surface area contributed by atoms with Crippen LogP contribution in [0.1, 0.15) is 12.8 Å². The van der Waals surface area contributed by atoms with Crippen molar-refractivity contribution in [1.29, 1.82) is 0 Å². The van der Waals surface area contributed by atoms with Crippen LogP contribution in [-0.4, -0.2) is 23.5 Å². The Morgan fingerprint density at radius 3 is 2.65 bits per heavy atom. The highest BCUT2D eigenvalue weighted by Gasteiger charge is 2.07. The number of nitrogens with one attached hydrogen (secondary N) is 2. The third-order valence-electron chi connectivity index (χ3n) is 2.13. The maximum absolute atomic E-state index is 6.02. The molecular weight excluding hydrogens is 279 g/mol. The topological polar surface area (TPSA) is 63.0 Å². The molecule has 0 unspecified atom stereocenters. The highest BCUT2D eigenvalue weighted by Crippen LogP contribution is 2.28. The minimum Gasteiger partial charge on any atom is -0.369 e. The number of nitrogen functional groups attached to an aromatic ring is 1. The summed E-state index contributed by atoms with van der Waals surface area (Å²) in [5.74, 6) is 7.48. The molecule has 0 spiro atoms. The summed E-state index contributed by atoms with van der Waals surface area (Å²) in [6.07, 6.45) is 4.35. The summed E-state index contributed by atoms with van der Waals surface area (Å²) in [5, 5.41) is 4.07. The van der Waals surface area contributed by atoms with E-state index in [4.69, 9.17) is 29.0 Å². The lowest BCUT2D eigenvalue weighted by atomic mass is 10.3. The number of halogens is 2. The molecule has 0 aliphatic heterocycles. The molecule has 17 heavy (non-hydrogen) atoms. The van der Waals surface area contributed by atoms with Gasteiger partial charge in [0.05, 0.1) is 10.0 Å². The molecule has 0 radical (unpaired) electrons. The molecule has 0 aromatic carbocycles. The van der Waals surface area contributed by atoms with Gasteiger partial charge in [0.2, 0.25) is 0 Å². The fourth-order valence-corrected chi connectivity index (χ4v) is 2.24. The molecule has 0 amide bonds. The Kier molecular flexibility index (Phi) is 6.80. The second-order valence-electron chi connectivity index (χ2n) is 3.42. The molecular formula is C10H16Cl2N4S. The number of anilines is 2. The summed E-state index contributed by atoms with van der Waals surface area (Å²) in [6.45, 7) is 0.832. The predicted octanol–water partition coefficient (Wildman–Crippen LogP) is 3.23. The van der Waals surface area contributed by atoms with Gasteiger partial charge in [0.1, 0.15) is 5.82 Å². The van der Waals surface area contributed by atoms with Crippen LogP contribution >= 0.6 is 35.0 Å². The Bertz CT molecular complexity index is 362. The Morgan fingerprint density at radius 1 is 1.29 bits per heavy atom. The minimum atomic E-state index is 0.408. The van der Waals surface area contributed by atoms with E-state index in [0.29, 0.717) is 21.7 Å². The Balaban J connectivity index is 2.52. The van der Waals surface area contributed by atoms with Gasteiger partial charge in [0.25, 0.3) is 0 Å². The van der Waals surface area contributed by atoms with Crippen molar-refractivity contribution >= 4 is 46.6 Å². The molecule has 1 rings (SSSR count). The van der Waals surface area contributed by atoms with Crippen molar-refractivity contribution in [3.8, 4) is 0 Å². The van der Waals surface area contributed by atoms with Gasteiger partial charge in [-0.2, -0.15) is 11.8 Å². The number of unbranched alkanes of at least 4 members (excludes halogenated alkanes) is 1. The van der Waals surface area contributed by atoms with E-state index in [1.807, 2.05) is 11.8 Å². The molecule has 0 atom stereocenters. The van der Waals surface area contributed by atoms with Crippen LogP contribution in [0.3, 0.4) is 0 Å². The van der Waals surface area contributed by atoms with Crippen LogP contribution in [0, 0.1) is 0 Å². The molecule has 0 aliphatic carbocycles. The van der Waals surface area contributed by atoms with Gasteiger partial charge in [-0.05, 0) is 30.9 Å². The van der Waals surface area contributed by atoms with Gasteiger partial charge in [-0.25, -0.2) is 10.8 Å². The van der Waals surface area contributed by atoms with E-state index in [9.17, 15) is 0 Å². The molecule has 7 heteroatoms. The number of pyridine rings is 1. The van der Waals surface area contributed by atoms with E-state index in [1.165, 1.54) is 12.2 Å². The van der Waals surface area contributed by atoms with Gasteiger partial charge in [-0.15, -0.1) is 0 Å². The van der Waals surface area contributed by atoms with E-state index < -0.39 is 0 Å². The van der Waals surface area contributed by atoms with Crippen molar-refractivity contribution < 1.29 is 0 Å². The summed E-state index contributed by atoms with van der Waals surface area (Å²) in [4.78, 5) is 4.19. The fourth-order valence-electron chi connectivity index (χ4n) is 1.27. The highest BCUT2D eigenvalue weighted by atomic mass is 35.5. The normalized spacial score (nSPS) is 10.4. The van der Waals surface area contributed by atoms with Crippen LogP contribution in [0.2, 0.25) is 10.0 Å². The molecule has 4 nitrogen and oxygen atoms in total. The first kappa shape index (κ1) is 14.7. The van der Waals surface area contributed by atoms with E-state index >= 15 is 0 Å². The van der Waals surface area contributed by atoms with E-state index in [1.54, 1.807) is 6.07 Å². The molecule has 0 fully saturated rings. The van der Waals surface area contributed by atoms with E-state index in [-0.39, 0.29) is 0 Å². The molecule has 0 saturated heterocycles. The second kappa shape index (κ2) is 7.87. The molecule has 0 aliphatic rings. The standard InChI is InChI=1S/C10H16Cl2N4S/c1-17-5-3-2-4-14-9-7(11)6-8(12)10(15-9)16-13/h6H,2-5,13H2,1H3,(H2,14,15,16). The van der Waals surface area contributed by atoms with Gasteiger partial charge in [-0.1, -0.05) is 23.2 Å². The minimum absolute atomic E-state index is 0.408. The first-order valence-corrected chi connectivity index (χ1v) is 7.39. The van der Waals surface area contributed by atoms with Crippen LogP contribution in [0.5, 0.6) is 0 Å². The summed E-state index contributed by atoms with van der Waals surface area (Å²) < 4.78 is 0. The van der Waals surface area contributed by atoms with Crippen molar-refractivity contribution in [2.75, 3.05) is 29.3 Å². The van der Waals surface area contributed by atoms with Gasteiger partial charge >= 0.3 is 0 Å². The average Bonchev–Trinajstić information content (AvgIpc) is 2.31. The number of hydrazine groups is 1. The molecule has 0 saturated carbocycles. The Hall–Kier alpha value is -0.360. The maximum Gasteiger partial charge on any atom is 0.161 e. The highest BCUT2D eigenvalue weighted by molar-refractivity contribution is 7.98. The average molecular weight is 295 g/mol. The molecule has 1 heterocycles. The largest absolute Gasteiger partial charge is 0.369 e. The zero-order valence-electron chi connectivity index (χ0n) is 9.59.